The second kappa shape index (κ2) is 49.9. The Morgan fingerprint density at radius 1 is 0.410 bits per heavy atom. The molecule has 0 aromatic heterocycles. The van der Waals surface area contributed by atoms with E-state index in [0.717, 1.165) is 38.5 Å². The lowest BCUT2D eigenvalue weighted by Gasteiger charge is -2.24. The number of amides is 1. The monoisotopic (exact) mass is 864 g/mol. The summed E-state index contributed by atoms with van der Waals surface area (Å²) in [5.74, 6) is -0.450. The Hall–Kier alpha value is -1.14. The molecule has 3 atom stereocenters. The number of aliphatic hydroxyl groups excluding tert-OH is 2. The quantitative estimate of drug-likeness (QED) is 0.0418. The molecule has 0 aliphatic carbocycles. The molecule has 6 nitrogen and oxygen atoms in total. The van der Waals surface area contributed by atoms with Gasteiger partial charge in [0.05, 0.1) is 25.2 Å². The van der Waals surface area contributed by atoms with Crippen molar-refractivity contribution in [3.05, 3.63) is 0 Å². The average Bonchev–Trinajstić information content (AvgIpc) is 3.25. The Morgan fingerprint density at radius 3 is 1.00 bits per heavy atom. The third-order valence-electron chi connectivity index (χ3n) is 13.2. The van der Waals surface area contributed by atoms with Gasteiger partial charge in [0.25, 0.3) is 0 Å². The Morgan fingerprint density at radius 2 is 0.689 bits per heavy atom. The smallest absolute Gasteiger partial charge is 0.306 e. The Kier molecular flexibility index (Phi) is 48.9. The first kappa shape index (κ1) is 59.9. The average molecular weight is 864 g/mol. The molecule has 0 radical (unpaired) electrons. The first-order chi connectivity index (χ1) is 30.0. The van der Waals surface area contributed by atoms with Gasteiger partial charge in [0, 0.05) is 6.42 Å². The van der Waals surface area contributed by atoms with Crippen molar-refractivity contribution in [2.45, 2.75) is 334 Å². The maximum absolute atomic E-state index is 13.2. The highest BCUT2D eigenvalue weighted by Crippen LogP contribution is 2.19. The van der Waals surface area contributed by atoms with E-state index in [4.69, 9.17) is 4.74 Å². The van der Waals surface area contributed by atoms with E-state index in [1.807, 2.05) is 0 Å². The van der Waals surface area contributed by atoms with E-state index in [1.165, 1.54) is 231 Å². The summed E-state index contributed by atoms with van der Waals surface area (Å²) in [5.41, 5.74) is 0. The predicted molar refractivity (Wildman–Crippen MR) is 264 cm³/mol. The van der Waals surface area contributed by atoms with Gasteiger partial charge in [0.2, 0.25) is 5.91 Å². The van der Waals surface area contributed by atoms with Crippen LogP contribution in [-0.4, -0.2) is 46.9 Å². The van der Waals surface area contributed by atoms with Crippen LogP contribution in [0.1, 0.15) is 316 Å². The van der Waals surface area contributed by atoms with Crippen molar-refractivity contribution < 1.29 is 24.5 Å². The van der Waals surface area contributed by atoms with Crippen LogP contribution in [0.2, 0.25) is 0 Å². The summed E-state index contributed by atoms with van der Waals surface area (Å²) in [6.45, 7) is 6.51. The molecule has 0 aliphatic rings. The summed E-state index contributed by atoms with van der Waals surface area (Å²) < 4.78 is 5.94. The lowest BCUT2D eigenvalue weighted by atomic mass is 10.0. The van der Waals surface area contributed by atoms with Gasteiger partial charge in [-0.2, -0.15) is 0 Å². The number of esters is 1. The summed E-state index contributed by atoms with van der Waals surface area (Å²) in [4.78, 5) is 26.1. The van der Waals surface area contributed by atoms with Gasteiger partial charge < -0.3 is 20.3 Å². The topological polar surface area (TPSA) is 95.9 Å². The van der Waals surface area contributed by atoms with Gasteiger partial charge in [-0.1, -0.05) is 278 Å². The second-order valence-corrected chi connectivity index (χ2v) is 19.4. The van der Waals surface area contributed by atoms with Gasteiger partial charge in [-0.15, -0.1) is 0 Å². The minimum atomic E-state index is -0.779. The SMILES string of the molecule is CCCCCCCCCCCCCCCCCCCC(=O)OC(CCCCCCCCCCC)CC(=O)NC(CO)C(O)CCCCCCCCCCCCCCCCCC. The predicted octanol–water partition coefficient (Wildman–Crippen LogP) is 16.7. The molecule has 1 amide bonds. The Balaban J connectivity index is 4.35. The maximum atomic E-state index is 13.2. The summed E-state index contributed by atoms with van der Waals surface area (Å²) in [7, 11) is 0. The van der Waals surface area contributed by atoms with Crippen molar-refractivity contribution in [3.63, 3.8) is 0 Å². The number of rotatable bonds is 51. The number of aliphatic hydroxyl groups is 2. The molecule has 0 aromatic rings. The molecule has 61 heavy (non-hydrogen) atoms. The molecule has 0 heterocycles. The Bertz CT molecular complexity index is 882. The number of unbranched alkanes of at least 4 members (excludes halogenated alkanes) is 39. The van der Waals surface area contributed by atoms with Crippen LogP contribution < -0.4 is 5.32 Å². The van der Waals surface area contributed by atoms with E-state index in [0.29, 0.717) is 19.3 Å². The molecule has 0 spiro atoms. The standard InChI is InChI=1S/C55H109NO5/c1-4-7-10-13-16-19-21-23-25-27-29-31-33-36-39-42-45-48-55(60)61-51(46-43-40-37-34-18-15-12-9-6-3)49-54(59)56-52(50-57)53(58)47-44-41-38-35-32-30-28-26-24-22-20-17-14-11-8-5-2/h51-53,57-58H,4-50H2,1-3H3,(H,56,59). The van der Waals surface area contributed by atoms with Crippen LogP contribution in [-0.2, 0) is 14.3 Å². The van der Waals surface area contributed by atoms with Crippen molar-refractivity contribution in [1.29, 1.82) is 0 Å². The van der Waals surface area contributed by atoms with E-state index >= 15 is 0 Å². The van der Waals surface area contributed by atoms with E-state index < -0.39 is 18.2 Å². The summed E-state index contributed by atoms with van der Waals surface area (Å²) in [6.07, 6.45) is 54.6. The van der Waals surface area contributed by atoms with Gasteiger partial charge in [-0.05, 0) is 25.7 Å². The molecule has 0 fully saturated rings. The van der Waals surface area contributed by atoms with E-state index in [9.17, 15) is 19.8 Å². The van der Waals surface area contributed by atoms with Crippen LogP contribution in [0.5, 0.6) is 0 Å². The van der Waals surface area contributed by atoms with Gasteiger partial charge >= 0.3 is 5.97 Å². The molecular weight excluding hydrogens is 755 g/mol. The highest BCUT2D eigenvalue weighted by molar-refractivity contribution is 5.77. The largest absolute Gasteiger partial charge is 0.462 e. The normalized spacial score (nSPS) is 13.1. The third-order valence-corrected chi connectivity index (χ3v) is 13.2. The lowest BCUT2D eigenvalue weighted by Crippen LogP contribution is -2.46. The molecule has 6 heteroatoms. The fraction of sp³-hybridized carbons (Fsp3) is 0.964. The van der Waals surface area contributed by atoms with E-state index in [2.05, 4.69) is 26.1 Å². The van der Waals surface area contributed by atoms with Crippen LogP contribution in [0.25, 0.3) is 0 Å². The lowest BCUT2D eigenvalue weighted by molar-refractivity contribution is -0.151. The number of hydrogen-bond acceptors (Lipinski definition) is 5. The zero-order chi connectivity index (χ0) is 44.5. The fourth-order valence-electron chi connectivity index (χ4n) is 8.96. The molecule has 0 saturated heterocycles. The van der Waals surface area contributed by atoms with E-state index in [1.54, 1.807) is 0 Å². The zero-order valence-electron chi connectivity index (χ0n) is 41.6. The minimum Gasteiger partial charge on any atom is -0.462 e. The highest BCUT2D eigenvalue weighted by Gasteiger charge is 2.24. The van der Waals surface area contributed by atoms with Crippen LogP contribution >= 0.6 is 0 Å². The van der Waals surface area contributed by atoms with Crippen molar-refractivity contribution in [3.8, 4) is 0 Å². The van der Waals surface area contributed by atoms with Gasteiger partial charge in [-0.25, -0.2) is 0 Å². The van der Waals surface area contributed by atoms with Gasteiger partial charge in [0.1, 0.15) is 6.10 Å². The first-order valence-corrected chi connectivity index (χ1v) is 27.8. The summed E-state index contributed by atoms with van der Waals surface area (Å²) >= 11 is 0. The van der Waals surface area contributed by atoms with Crippen molar-refractivity contribution in [2.24, 2.45) is 0 Å². The molecule has 0 saturated carbocycles. The molecule has 0 bridgehead atoms. The number of ether oxygens (including phenoxy) is 1. The second-order valence-electron chi connectivity index (χ2n) is 19.4. The summed E-state index contributed by atoms with van der Waals surface area (Å²) in [6, 6.07) is -0.692. The summed E-state index contributed by atoms with van der Waals surface area (Å²) in [5, 5.41) is 23.8. The first-order valence-electron chi connectivity index (χ1n) is 27.8. The van der Waals surface area contributed by atoms with Crippen molar-refractivity contribution >= 4 is 11.9 Å². The zero-order valence-corrected chi connectivity index (χ0v) is 41.6. The molecule has 0 rings (SSSR count). The number of hydrogen-bond donors (Lipinski definition) is 3. The van der Waals surface area contributed by atoms with E-state index in [-0.39, 0.29) is 24.9 Å². The molecule has 0 aromatic carbocycles. The van der Waals surface area contributed by atoms with Crippen LogP contribution in [0, 0.1) is 0 Å². The van der Waals surface area contributed by atoms with Gasteiger partial charge in [-0.3, -0.25) is 9.59 Å². The molecule has 364 valence electrons. The molecular formula is C55H109NO5. The van der Waals surface area contributed by atoms with Crippen LogP contribution in [0.15, 0.2) is 0 Å². The van der Waals surface area contributed by atoms with Crippen molar-refractivity contribution in [2.75, 3.05) is 6.61 Å². The number of carbonyl (C=O) groups is 2. The number of carbonyl (C=O) groups excluding carboxylic acids is 2. The molecule has 0 aliphatic heterocycles. The molecule has 3 unspecified atom stereocenters. The van der Waals surface area contributed by atoms with Crippen molar-refractivity contribution in [1.82, 2.24) is 5.32 Å². The fourth-order valence-corrected chi connectivity index (χ4v) is 8.96. The third kappa shape index (κ3) is 45.2. The highest BCUT2D eigenvalue weighted by atomic mass is 16.5. The van der Waals surface area contributed by atoms with Crippen LogP contribution in [0.4, 0.5) is 0 Å². The molecule has 3 N–H and O–H groups in total. The minimum absolute atomic E-state index is 0.0874. The van der Waals surface area contributed by atoms with Gasteiger partial charge in [0.15, 0.2) is 0 Å². The Labute approximate surface area is 381 Å². The van der Waals surface area contributed by atoms with Crippen LogP contribution in [0.3, 0.4) is 0 Å². The number of nitrogens with one attached hydrogen (secondary N) is 1. The maximum Gasteiger partial charge on any atom is 0.306 e.